The molecule has 2 nitrogen and oxygen atoms in total. The summed E-state index contributed by atoms with van der Waals surface area (Å²) in [5, 5.41) is 0. The largest absolute Gasteiger partial charge is 0.329 e. The van der Waals surface area contributed by atoms with Gasteiger partial charge in [0.2, 0.25) is 0 Å². The molecule has 1 atom stereocenters. The van der Waals surface area contributed by atoms with Gasteiger partial charge in [0.1, 0.15) is 0 Å². The van der Waals surface area contributed by atoms with Gasteiger partial charge in [-0.25, -0.2) is 0 Å². The van der Waals surface area contributed by atoms with Crippen LogP contribution in [0.2, 0.25) is 0 Å². The molecular weight excluding hydrogens is 208 g/mol. The summed E-state index contributed by atoms with van der Waals surface area (Å²) in [6.07, 6.45) is 4.02. The fraction of sp³-hybridized carbons (Fsp3) is 0.600. The summed E-state index contributed by atoms with van der Waals surface area (Å²) in [6, 6.07) is 7.14. The molecule has 94 valence electrons. The standard InChI is InChI=1S/C15H24N2/c1-12-6-7-14(13(2)10-12)15(11-16)17-8-4-3-5-9-17/h6-7,10,15H,3-5,8-9,11,16H2,1-2H3. The first kappa shape index (κ1) is 12.6. The molecule has 0 saturated carbocycles. The molecule has 1 fully saturated rings. The maximum Gasteiger partial charge on any atom is 0.0473 e. The molecular formula is C15H24N2. The van der Waals surface area contributed by atoms with Crippen LogP contribution in [0.15, 0.2) is 18.2 Å². The highest BCUT2D eigenvalue weighted by atomic mass is 15.2. The molecule has 2 N–H and O–H groups in total. The van der Waals surface area contributed by atoms with Crippen molar-refractivity contribution in [3.63, 3.8) is 0 Å². The zero-order valence-electron chi connectivity index (χ0n) is 11.1. The lowest BCUT2D eigenvalue weighted by atomic mass is 9.96. The molecule has 17 heavy (non-hydrogen) atoms. The molecule has 1 aromatic rings. The summed E-state index contributed by atoms with van der Waals surface area (Å²) in [4.78, 5) is 2.56. The highest BCUT2D eigenvalue weighted by Gasteiger charge is 2.21. The van der Waals surface area contributed by atoms with Crippen LogP contribution in [0.5, 0.6) is 0 Å². The molecule has 1 aliphatic heterocycles. The van der Waals surface area contributed by atoms with Gasteiger partial charge in [0.05, 0.1) is 0 Å². The Kier molecular flexibility index (Phi) is 4.19. The first-order valence-electron chi connectivity index (χ1n) is 6.73. The Morgan fingerprint density at radius 1 is 1.18 bits per heavy atom. The summed E-state index contributed by atoms with van der Waals surface area (Å²) in [5.74, 6) is 0. The van der Waals surface area contributed by atoms with Gasteiger partial charge in [-0.1, -0.05) is 30.2 Å². The number of likely N-dealkylation sites (tertiary alicyclic amines) is 1. The molecule has 2 rings (SSSR count). The Balaban J connectivity index is 2.21. The number of aryl methyl sites for hydroxylation is 2. The van der Waals surface area contributed by atoms with Crippen molar-refractivity contribution in [2.45, 2.75) is 39.2 Å². The van der Waals surface area contributed by atoms with Gasteiger partial charge in [-0.15, -0.1) is 0 Å². The third-order valence-corrected chi connectivity index (χ3v) is 3.84. The van der Waals surface area contributed by atoms with Crippen molar-refractivity contribution in [1.29, 1.82) is 0 Å². The summed E-state index contributed by atoms with van der Waals surface area (Å²) >= 11 is 0. The van der Waals surface area contributed by atoms with Crippen molar-refractivity contribution in [1.82, 2.24) is 4.90 Å². The van der Waals surface area contributed by atoms with E-state index in [1.54, 1.807) is 0 Å². The van der Waals surface area contributed by atoms with E-state index in [1.807, 2.05) is 0 Å². The van der Waals surface area contributed by atoms with Crippen molar-refractivity contribution in [3.8, 4) is 0 Å². The van der Waals surface area contributed by atoms with Crippen molar-refractivity contribution >= 4 is 0 Å². The third kappa shape index (κ3) is 2.88. The zero-order valence-corrected chi connectivity index (χ0v) is 11.1. The van der Waals surface area contributed by atoms with Crippen LogP contribution in [-0.2, 0) is 0 Å². The van der Waals surface area contributed by atoms with Crippen LogP contribution in [-0.4, -0.2) is 24.5 Å². The van der Waals surface area contributed by atoms with Gasteiger partial charge in [0.15, 0.2) is 0 Å². The minimum absolute atomic E-state index is 0.413. The van der Waals surface area contributed by atoms with E-state index in [4.69, 9.17) is 5.73 Å². The Hall–Kier alpha value is -0.860. The van der Waals surface area contributed by atoms with Gasteiger partial charge in [-0.05, 0) is 50.9 Å². The summed E-state index contributed by atoms with van der Waals surface area (Å²) in [5.41, 5.74) is 10.1. The maximum absolute atomic E-state index is 6.00. The van der Waals surface area contributed by atoms with Crippen LogP contribution in [0, 0.1) is 13.8 Å². The van der Waals surface area contributed by atoms with E-state index >= 15 is 0 Å². The fourth-order valence-electron chi connectivity index (χ4n) is 2.90. The molecule has 0 aliphatic carbocycles. The summed E-state index contributed by atoms with van der Waals surface area (Å²) < 4.78 is 0. The lowest BCUT2D eigenvalue weighted by Gasteiger charge is -2.35. The topological polar surface area (TPSA) is 29.3 Å². The second-order valence-corrected chi connectivity index (χ2v) is 5.21. The van der Waals surface area contributed by atoms with Crippen molar-refractivity contribution < 1.29 is 0 Å². The second kappa shape index (κ2) is 5.65. The van der Waals surface area contributed by atoms with Crippen LogP contribution in [0.25, 0.3) is 0 Å². The highest BCUT2D eigenvalue weighted by Crippen LogP contribution is 2.26. The van der Waals surface area contributed by atoms with Crippen molar-refractivity contribution in [2.24, 2.45) is 5.73 Å². The number of rotatable bonds is 3. The third-order valence-electron chi connectivity index (χ3n) is 3.84. The molecule has 1 heterocycles. The molecule has 0 spiro atoms. The highest BCUT2D eigenvalue weighted by molar-refractivity contribution is 5.33. The van der Waals surface area contributed by atoms with E-state index in [-0.39, 0.29) is 0 Å². The maximum atomic E-state index is 6.00. The van der Waals surface area contributed by atoms with E-state index in [2.05, 4.69) is 36.9 Å². The number of hydrogen-bond donors (Lipinski definition) is 1. The van der Waals surface area contributed by atoms with Crippen LogP contribution in [0.3, 0.4) is 0 Å². The van der Waals surface area contributed by atoms with Gasteiger partial charge in [-0.3, -0.25) is 4.90 Å². The lowest BCUT2D eigenvalue weighted by molar-refractivity contribution is 0.167. The van der Waals surface area contributed by atoms with Gasteiger partial charge in [-0.2, -0.15) is 0 Å². The van der Waals surface area contributed by atoms with Crippen LogP contribution in [0.4, 0.5) is 0 Å². The van der Waals surface area contributed by atoms with E-state index in [0.717, 1.165) is 6.54 Å². The van der Waals surface area contributed by atoms with E-state index in [1.165, 1.54) is 49.0 Å². The molecule has 0 amide bonds. The fourth-order valence-corrected chi connectivity index (χ4v) is 2.90. The van der Waals surface area contributed by atoms with Crippen molar-refractivity contribution in [3.05, 3.63) is 34.9 Å². The Bertz CT molecular complexity index is 367. The second-order valence-electron chi connectivity index (χ2n) is 5.21. The molecule has 1 aliphatic rings. The van der Waals surface area contributed by atoms with Crippen molar-refractivity contribution in [2.75, 3.05) is 19.6 Å². The van der Waals surface area contributed by atoms with Gasteiger partial charge >= 0.3 is 0 Å². The number of hydrogen-bond acceptors (Lipinski definition) is 2. The quantitative estimate of drug-likeness (QED) is 0.868. The number of nitrogens with zero attached hydrogens (tertiary/aromatic N) is 1. The van der Waals surface area contributed by atoms with Crippen LogP contribution in [0.1, 0.15) is 42.0 Å². The van der Waals surface area contributed by atoms with Gasteiger partial charge in [0.25, 0.3) is 0 Å². The minimum Gasteiger partial charge on any atom is -0.329 e. The van der Waals surface area contributed by atoms with Gasteiger partial charge in [0, 0.05) is 12.6 Å². The predicted octanol–water partition coefficient (Wildman–Crippen LogP) is 2.79. The molecule has 2 heteroatoms. The van der Waals surface area contributed by atoms with E-state index in [0.29, 0.717) is 6.04 Å². The first-order valence-corrected chi connectivity index (χ1v) is 6.73. The number of piperidine rings is 1. The lowest BCUT2D eigenvalue weighted by Crippen LogP contribution is -2.37. The zero-order chi connectivity index (χ0) is 12.3. The smallest absolute Gasteiger partial charge is 0.0473 e. The molecule has 1 aromatic carbocycles. The molecule has 0 aromatic heterocycles. The summed E-state index contributed by atoms with van der Waals surface area (Å²) in [6.45, 7) is 7.48. The molecule has 0 radical (unpaired) electrons. The average molecular weight is 232 g/mol. The number of nitrogens with two attached hydrogens (primary N) is 1. The van der Waals surface area contributed by atoms with Crippen LogP contribution >= 0.6 is 0 Å². The van der Waals surface area contributed by atoms with Gasteiger partial charge < -0.3 is 5.73 Å². The molecule has 1 unspecified atom stereocenters. The average Bonchev–Trinajstić information content (AvgIpc) is 2.34. The first-order chi connectivity index (χ1) is 8.22. The van der Waals surface area contributed by atoms with E-state index in [9.17, 15) is 0 Å². The minimum atomic E-state index is 0.413. The summed E-state index contributed by atoms with van der Waals surface area (Å²) in [7, 11) is 0. The Morgan fingerprint density at radius 3 is 2.47 bits per heavy atom. The Labute approximate surface area is 105 Å². The Morgan fingerprint density at radius 2 is 1.88 bits per heavy atom. The van der Waals surface area contributed by atoms with E-state index < -0.39 is 0 Å². The van der Waals surface area contributed by atoms with Crippen LogP contribution < -0.4 is 5.73 Å². The normalized spacial score (nSPS) is 19.2. The molecule has 1 saturated heterocycles. The predicted molar refractivity (Wildman–Crippen MR) is 73.1 cm³/mol. The number of benzene rings is 1. The monoisotopic (exact) mass is 232 g/mol. The SMILES string of the molecule is Cc1ccc(C(CN)N2CCCCC2)c(C)c1. The molecule has 0 bridgehead atoms.